The normalized spacial score (nSPS) is 10.7. The zero-order valence-electron chi connectivity index (χ0n) is 7.61. The van der Waals surface area contributed by atoms with Crippen LogP contribution in [0.5, 0.6) is 0 Å². The van der Waals surface area contributed by atoms with E-state index in [9.17, 15) is 0 Å². The molecule has 0 atom stereocenters. The maximum Gasteiger partial charge on any atom is 0.106 e. The van der Waals surface area contributed by atoms with Gasteiger partial charge in [-0.25, -0.2) is 0 Å². The summed E-state index contributed by atoms with van der Waals surface area (Å²) in [5.41, 5.74) is 2.30. The quantitative estimate of drug-likeness (QED) is 0.508. The Bertz CT molecular complexity index is 363. The highest BCUT2D eigenvalue weighted by Crippen LogP contribution is 2.05. The third kappa shape index (κ3) is 2.31. The van der Waals surface area contributed by atoms with Crippen LogP contribution >= 0.6 is 0 Å². The lowest BCUT2D eigenvalue weighted by molar-refractivity contribution is 0.213. The Balaban J connectivity index is 3.03. The molecule has 0 aliphatic heterocycles. The summed E-state index contributed by atoms with van der Waals surface area (Å²) in [6, 6.07) is 9.31. The fourth-order valence-corrected chi connectivity index (χ4v) is 1.00. The van der Waals surface area contributed by atoms with Crippen LogP contribution < -0.4 is 0 Å². The average Bonchev–Trinajstić information content (AvgIpc) is 2.18. The number of rotatable bonds is 2. The average molecular weight is 174 g/mol. The third-order valence-electron chi connectivity index (χ3n) is 1.64. The number of nitriles is 1. The van der Waals surface area contributed by atoms with Crippen LogP contribution in [0.15, 0.2) is 29.4 Å². The summed E-state index contributed by atoms with van der Waals surface area (Å²) in [5, 5.41) is 12.4. The summed E-state index contributed by atoms with van der Waals surface area (Å²) >= 11 is 0. The van der Waals surface area contributed by atoms with Crippen molar-refractivity contribution < 1.29 is 4.84 Å². The molecule has 0 aliphatic rings. The predicted molar refractivity (Wildman–Crippen MR) is 50.4 cm³/mol. The minimum absolute atomic E-state index is 0.628. The minimum Gasteiger partial charge on any atom is -0.399 e. The molecule has 3 nitrogen and oxygen atoms in total. The van der Waals surface area contributed by atoms with Crippen molar-refractivity contribution >= 4 is 5.71 Å². The van der Waals surface area contributed by atoms with Crippen molar-refractivity contribution in [2.45, 2.75) is 6.92 Å². The number of benzene rings is 1. The van der Waals surface area contributed by atoms with Gasteiger partial charge in [0.25, 0.3) is 0 Å². The molecule has 0 spiro atoms. The van der Waals surface area contributed by atoms with Gasteiger partial charge in [-0.2, -0.15) is 5.26 Å². The van der Waals surface area contributed by atoms with E-state index < -0.39 is 0 Å². The van der Waals surface area contributed by atoms with Crippen LogP contribution in [-0.2, 0) is 4.84 Å². The second kappa shape index (κ2) is 4.27. The van der Waals surface area contributed by atoms with Gasteiger partial charge in [-0.3, -0.25) is 0 Å². The molecule has 0 fully saturated rings. The van der Waals surface area contributed by atoms with Gasteiger partial charge in [0.1, 0.15) is 7.11 Å². The first-order valence-electron chi connectivity index (χ1n) is 3.86. The van der Waals surface area contributed by atoms with Gasteiger partial charge in [0, 0.05) is 5.56 Å². The van der Waals surface area contributed by atoms with Gasteiger partial charge in [0.2, 0.25) is 0 Å². The van der Waals surface area contributed by atoms with Crippen LogP contribution in [0.3, 0.4) is 0 Å². The summed E-state index contributed by atoms with van der Waals surface area (Å²) < 4.78 is 0. The highest BCUT2D eigenvalue weighted by Gasteiger charge is 1.98. The molecule has 0 aromatic heterocycles. The van der Waals surface area contributed by atoms with Gasteiger partial charge < -0.3 is 4.84 Å². The topological polar surface area (TPSA) is 45.4 Å². The van der Waals surface area contributed by atoms with Gasteiger partial charge in [-0.15, -0.1) is 0 Å². The van der Waals surface area contributed by atoms with Gasteiger partial charge in [0.05, 0.1) is 17.3 Å². The summed E-state index contributed by atoms with van der Waals surface area (Å²) in [6.45, 7) is 1.83. The molecule has 0 bridgehead atoms. The van der Waals surface area contributed by atoms with Crippen LogP contribution in [0, 0.1) is 11.3 Å². The van der Waals surface area contributed by atoms with E-state index in [0.29, 0.717) is 5.56 Å². The van der Waals surface area contributed by atoms with Gasteiger partial charge in [-0.1, -0.05) is 17.3 Å². The van der Waals surface area contributed by atoms with E-state index in [4.69, 9.17) is 5.26 Å². The van der Waals surface area contributed by atoms with E-state index in [2.05, 4.69) is 16.1 Å². The molecular formula is C10H10N2O. The van der Waals surface area contributed by atoms with Crippen LogP contribution in [-0.4, -0.2) is 12.8 Å². The van der Waals surface area contributed by atoms with Crippen molar-refractivity contribution in [1.82, 2.24) is 0 Å². The molecule has 0 saturated carbocycles. The molecule has 1 aromatic rings. The first-order valence-corrected chi connectivity index (χ1v) is 3.86. The molecular weight excluding hydrogens is 164 g/mol. The first kappa shape index (κ1) is 9.27. The molecule has 0 amide bonds. The van der Waals surface area contributed by atoms with Crippen molar-refractivity contribution in [3.63, 3.8) is 0 Å². The van der Waals surface area contributed by atoms with E-state index >= 15 is 0 Å². The number of hydrogen-bond donors (Lipinski definition) is 0. The Labute approximate surface area is 77.2 Å². The zero-order chi connectivity index (χ0) is 9.68. The fourth-order valence-electron chi connectivity index (χ4n) is 1.00. The summed E-state index contributed by atoms with van der Waals surface area (Å²) in [5.74, 6) is 0. The van der Waals surface area contributed by atoms with E-state index in [1.165, 1.54) is 7.11 Å². The van der Waals surface area contributed by atoms with Crippen molar-refractivity contribution in [1.29, 1.82) is 5.26 Å². The standard InChI is InChI=1S/C10H10N2O/c1-8(12-13-2)10-5-3-4-9(6-10)7-11/h3-6H,1-2H3. The van der Waals surface area contributed by atoms with Crippen molar-refractivity contribution in [2.75, 3.05) is 7.11 Å². The van der Waals surface area contributed by atoms with E-state index in [1.54, 1.807) is 12.1 Å². The molecule has 1 rings (SSSR count). The van der Waals surface area contributed by atoms with Gasteiger partial charge >= 0.3 is 0 Å². The molecule has 0 heterocycles. The molecule has 3 heteroatoms. The van der Waals surface area contributed by atoms with Crippen LogP contribution in [0.25, 0.3) is 0 Å². The Hall–Kier alpha value is -1.82. The molecule has 0 saturated heterocycles. The van der Waals surface area contributed by atoms with E-state index in [-0.39, 0.29) is 0 Å². The second-order valence-electron chi connectivity index (χ2n) is 2.55. The predicted octanol–water partition coefficient (Wildman–Crippen LogP) is 1.93. The Morgan fingerprint density at radius 2 is 2.31 bits per heavy atom. The van der Waals surface area contributed by atoms with Crippen molar-refractivity contribution in [3.8, 4) is 6.07 Å². The Morgan fingerprint density at radius 1 is 1.54 bits per heavy atom. The van der Waals surface area contributed by atoms with Crippen LogP contribution in [0.1, 0.15) is 18.1 Å². The van der Waals surface area contributed by atoms with Crippen molar-refractivity contribution in [2.24, 2.45) is 5.16 Å². The molecule has 0 radical (unpaired) electrons. The SMILES string of the molecule is CON=C(C)c1cccc(C#N)c1. The summed E-state index contributed by atoms with van der Waals surface area (Å²) in [7, 11) is 1.50. The molecule has 0 N–H and O–H groups in total. The molecule has 1 aromatic carbocycles. The van der Waals surface area contributed by atoms with E-state index in [0.717, 1.165) is 11.3 Å². The van der Waals surface area contributed by atoms with Gasteiger partial charge in [0.15, 0.2) is 0 Å². The molecule has 13 heavy (non-hydrogen) atoms. The largest absolute Gasteiger partial charge is 0.399 e. The molecule has 66 valence electrons. The Kier molecular flexibility index (Phi) is 3.04. The highest BCUT2D eigenvalue weighted by atomic mass is 16.6. The van der Waals surface area contributed by atoms with Crippen LogP contribution in [0.4, 0.5) is 0 Å². The van der Waals surface area contributed by atoms with Crippen LogP contribution in [0.2, 0.25) is 0 Å². The van der Waals surface area contributed by atoms with Gasteiger partial charge in [-0.05, 0) is 19.1 Å². The monoisotopic (exact) mass is 174 g/mol. The number of nitrogens with zero attached hydrogens (tertiary/aromatic N) is 2. The van der Waals surface area contributed by atoms with Crippen molar-refractivity contribution in [3.05, 3.63) is 35.4 Å². The maximum absolute atomic E-state index is 8.65. The maximum atomic E-state index is 8.65. The minimum atomic E-state index is 0.628. The first-order chi connectivity index (χ1) is 6.27. The lowest BCUT2D eigenvalue weighted by Gasteiger charge is -1.99. The lowest BCUT2D eigenvalue weighted by atomic mass is 10.1. The smallest absolute Gasteiger partial charge is 0.106 e. The lowest BCUT2D eigenvalue weighted by Crippen LogP contribution is -1.95. The number of oxime groups is 1. The fraction of sp³-hybridized carbons (Fsp3) is 0.200. The zero-order valence-corrected chi connectivity index (χ0v) is 7.61. The summed E-state index contributed by atoms with van der Waals surface area (Å²) in [6.07, 6.45) is 0. The number of hydrogen-bond acceptors (Lipinski definition) is 3. The second-order valence-corrected chi connectivity index (χ2v) is 2.55. The Morgan fingerprint density at radius 3 is 2.92 bits per heavy atom. The third-order valence-corrected chi connectivity index (χ3v) is 1.64. The highest BCUT2D eigenvalue weighted by molar-refractivity contribution is 5.98. The molecule has 0 unspecified atom stereocenters. The van der Waals surface area contributed by atoms with E-state index in [1.807, 2.05) is 19.1 Å². The summed E-state index contributed by atoms with van der Waals surface area (Å²) in [4.78, 5) is 4.64. The molecule has 0 aliphatic carbocycles.